The minimum Gasteiger partial charge on any atom is -0.143 e. The van der Waals surface area contributed by atoms with Gasteiger partial charge in [-0.1, -0.05) is 12.8 Å². The van der Waals surface area contributed by atoms with Crippen LogP contribution in [0.4, 0.5) is 0 Å². The van der Waals surface area contributed by atoms with Crippen molar-refractivity contribution in [2.75, 3.05) is 0 Å². The van der Waals surface area contributed by atoms with E-state index in [0.29, 0.717) is 0 Å². The van der Waals surface area contributed by atoms with Crippen LogP contribution in [0.25, 0.3) is 0 Å². The molecule has 1 heterocycles. The van der Waals surface area contributed by atoms with E-state index in [9.17, 15) is 0 Å². The summed E-state index contributed by atoms with van der Waals surface area (Å²) in [6.45, 7) is -2.34. The molecule has 0 amide bonds. The van der Waals surface area contributed by atoms with Crippen molar-refractivity contribution in [2.45, 2.75) is 29.3 Å². The number of hydrogen-bond acceptors (Lipinski definition) is 0. The summed E-state index contributed by atoms with van der Waals surface area (Å²) in [5.74, 6) is 0. The normalized spacial score (nSPS) is 27.3. The summed E-state index contributed by atoms with van der Waals surface area (Å²) < 4.78 is -0.811. The maximum absolute atomic E-state index is 6.00. The third-order valence-corrected chi connectivity index (χ3v) is 10.6. The average Bonchev–Trinajstić information content (AvgIpc) is 1.77. The molecule has 1 fully saturated rings. The minimum atomic E-state index is -2.34. The topological polar surface area (TPSA) is 0 Å². The van der Waals surface area contributed by atoms with E-state index in [-0.39, 0.29) is 8.41 Å². The molecule has 11 heavy (non-hydrogen) atoms. The first-order valence-electron chi connectivity index (χ1n) is 3.21. The molecule has 1 saturated heterocycles. The molecular weight excluding hydrogens is 241 g/mol. The van der Waals surface area contributed by atoms with Crippen molar-refractivity contribution >= 4 is 60.5 Å². The molecule has 0 saturated carbocycles. The Kier molecular flexibility index (Phi) is 4.64. The van der Waals surface area contributed by atoms with Crippen molar-refractivity contribution < 1.29 is 0 Å². The Hall–Kier alpha value is 1.44. The molecule has 0 unspecified atom stereocenters. The summed E-state index contributed by atoms with van der Waals surface area (Å²) in [5.41, 5.74) is 0. The highest BCUT2D eigenvalue weighted by Gasteiger charge is 2.51. The molecular formula is C5H8BCl4Si. The van der Waals surface area contributed by atoms with Crippen LogP contribution in [-0.4, -0.2) is 19.1 Å². The molecule has 1 rings (SSSR count). The zero-order valence-electron chi connectivity index (χ0n) is 5.92. The molecule has 63 valence electrons. The Labute approximate surface area is 89.5 Å². The van der Waals surface area contributed by atoms with Gasteiger partial charge in [0.2, 0.25) is 0 Å². The summed E-state index contributed by atoms with van der Waals surface area (Å²) in [4.78, 5) is 0. The van der Waals surface area contributed by atoms with Gasteiger partial charge in [-0.3, -0.25) is 0 Å². The van der Waals surface area contributed by atoms with Crippen LogP contribution in [0.2, 0.25) is 6.04 Å². The molecule has 0 aliphatic carbocycles. The third kappa shape index (κ3) is 2.70. The van der Waals surface area contributed by atoms with Gasteiger partial charge in [-0.2, -0.15) is 0 Å². The van der Waals surface area contributed by atoms with E-state index in [1.54, 1.807) is 0 Å². The number of hydrogen-bond donors (Lipinski definition) is 0. The van der Waals surface area contributed by atoms with Crippen molar-refractivity contribution in [1.29, 1.82) is 0 Å². The van der Waals surface area contributed by atoms with E-state index in [2.05, 4.69) is 0 Å². The fourth-order valence-electron chi connectivity index (χ4n) is 1.06. The molecule has 6 heteroatoms. The molecule has 1 aliphatic heterocycles. The molecule has 0 spiro atoms. The number of halogens is 4. The highest BCUT2D eigenvalue weighted by atomic mass is 35.7. The molecule has 0 aromatic heterocycles. The quantitative estimate of drug-likeness (QED) is 0.350. The van der Waals surface area contributed by atoms with E-state index >= 15 is 0 Å². The number of alkyl halides is 2. The molecule has 0 nitrogen and oxygen atoms in total. The largest absolute Gasteiger partial charge is 0.286 e. The summed E-state index contributed by atoms with van der Waals surface area (Å²) in [6, 6.07) is 0.823. The standard InChI is InChI=1S/C5H8Cl4Si.B/c6-5(7)3-1-2-4-10(5,8)9;/h1-4H2;. The lowest BCUT2D eigenvalue weighted by atomic mass is 10.3. The average molecular weight is 249 g/mol. The zero-order chi connectivity index (χ0) is 7.83. The van der Waals surface area contributed by atoms with Crippen LogP contribution < -0.4 is 0 Å². The highest BCUT2D eigenvalue weighted by molar-refractivity contribution is 7.50. The second-order valence-electron chi connectivity index (χ2n) is 2.62. The summed E-state index contributed by atoms with van der Waals surface area (Å²) in [7, 11) is 0. The molecule has 0 atom stereocenters. The summed E-state index contributed by atoms with van der Waals surface area (Å²) >= 11 is 23.9. The van der Waals surface area contributed by atoms with Crippen molar-refractivity contribution in [3.63, 3.8) is 0 Å². The Balaban J connectivity index is 0.000001000. The number of rotatable bonds is 0. The van der Waals surface area contributed by atoms with Gasteiger partial charge >= 0.3 is 0 Å². The van der Waals surface area contributed by atoms with E-state index in [0.717, 1.165) is 25.3 Å². The first-order chi connectivity index (χ1) is 4.46. The van der Waals surface area contributed by atoms with Crippen molar-refractivity contribution in [3.8, 4) is 0 Å². The maximum atomic E-state index is 6.00. The van der Waals surface area contributed by atoms with Gasteiger partial charge in [0.05, 0.1) is 0 Å². The van der Waals surface area contributed by atoms with Gasteiger partial charge in [-0.05, 0) is 12.5 Å². The molecule has 0 bridgehead atoms. The van der Waals surface area contributed by atoms with E-state index in [1.807, 2.05) is 0 Å². The van der Waals surface area contributed by atoms with E-state index < -0.39 is 10.7 Å². The molecule has 1 aliphatic rings. The zero-order valence-corrected chi connectivity index (χ0v) is 9.94. The van der Waals surface area contributed by atoms with Crippen LogP contribution in [0.3, 0.4) is 0 Å². The van der Waals surface area contributed by atoms with Gasteiger partial charge in [0.1, 0.15) is 3.96 Å². The van der Waals surface area contributed by atoms with Crippen LogP contribution in [0.1, 0.15) is 19.3 Å². The molecule has 0 N–H and O–H groups in total. The van der Waals surface area contributed by atoms with Gasteiger partial charge in [-0.25, -0.2) is 0 Å². The Morgan fingerprint density at radius 3 is 1.91 bits per heavy atom. The predicted molar refractivity (Wildman–Crippen MR) is 56.3 cm³/mol. The van der Waals surface area contributed by atoms with Crippen LogP contribution in [0.15, 0.2) is 0 Å². The predicted octanol–water partition coefficient (Wildman–Crippen LogP) is 3.42. The third-order valence-electron chi connectivity index (χ3n) is 1.77. The maximum Gasteiger partial charge on any atom is 0.286 e. The Bertz CT molecular complexity index is 122. The van der Waals surface area contributed by atoms with Gasteiger partial charge < -0.3 is 0 Å². The van der Waals surface area contributed by atoms with Crippen LogP contribution >= 0.6 is 45.4 Å². The van der Waals surface area contributed by atoms with Gasteiger partial charge in [0, 0.05) is 8.41 Å². The minimum absolute atomic E-state index is 0. The van der Waals surface area contributed by atoms with Gasteiger partial charge in [0.15, 0.2) is 0 Å². The Morgan fingerprint density at radius 2 is 1.64 bits per heavy atom. The lowest BCUT2D eigenvalue weighted by Gasteiger charge is -2.34. The lowest BCUT2D eigenvalue weighted by molar-refractivity contribution is 0.684. The SMILES string of the molecule is ClC1(Cl)CCCC[Si]1(Cl)Cl.[B]. The molecule has 3 radical (unpaired) electrons. The fraction of sp³-hybridized carbons (Fsp3) is 1.00. The second kappa shape index (κ2) is 4.10. The monoisotopic (exact) mass is 247 g/mol. The lowest BCUT2D eigenvalue weighted by Crippen LogP contribution is -2.44. The molecule has 0 aromatic rings. The van der Waals surface area contributed by atoms with E-state index in [1.165, 1.54) is 0 Å². The van der Waals surface area contributed by atoms with Crippen molar-refractivity contribution in [1.82, 2.24) is 0 Å². The first-order valence-corrected chi connectivity index (χ1v) is 8.20. The summed E-state index contributed by atoms with van der Waals surface area (Å²) in [6.07, 6.45) is 2.86. The van der Waals surface area contributed by atoms with Crippen molar-refractivity contribution in [2.24, 2.45) is 0 Å². The van der Waals surface area contributed by atoms with Crippen molar-refractivity contribution in [3.05, 3.63) is 0 Å². The van der Waals surface area contributed by atoms with Gasteiger partial charge in [0.25, 0.3) is 6.69 Å². The Morgan fingerprint density at radius 1 is 1.09 bits per heavy atom. The van der Waals surface area contributed by atoms with Crippen LogP contribution in [-0.2, 0) is 0 Å². The van der Waals surface area contributed by atoms with Crippen LogP contribution in [0, 0.1) is 0 Å². The highest BCUT2D eigenvalue weighted by Crippen LogP contribution is 2.48. The second-order valence-corrected chi connectivity index (χ2v) is 11.9. The van der Waals surface area contributed by atoms with Gasteiger partial charge in [-0.15, -0.1) is 45.4 Å². The smallest absolute Gasteiger partial charge is 0.143 e. The van der Waals surface area contributed by atoms with Crippen LogP contribution in [0.5, 0.6) is 0 Å². The van der Waals surface area contributed by atoms with E-state index in [4.69, 9.17) is 45.4 Å². The first kappa shape index (κ1) is 12.4. The molecule has 0 aromatic carbocycles. The fourth-order valence-corrected chi connectivity index (χ4v) is 4.87. The summed E-state index contributed by atoms with van der Waals surface area (Å²) in [5, 5.41) is 0.